The van der Waals surface area contributed by atoms with Gasteiger partial charge in [0.15, 0.2) is 0 Å². The Kier molecular flexibility index (Phi) is 4.61. The molecule has 0 unspecified atom stereocenters. The summed E-state index contributed by atoms with van der Waals surface area (Å²) >= 11 is 0. The van der Waals surface area contributed by atoms with E-state index in [1.165, 1.54) is 0 Å². The molecular formula is C15H20N2O3. The van der Waals surface area contributed by atoms with Crippen LogP contribution in [-0.4, -0.2) is 35.0 Å². The maximum Gasteiger partial charge on any atom is 0.308 e. The molecular weight excluding hydrogens is 256 g/mol. The number of likely N-dealkylation sites (tertiary alicyclic amines) is 1. The van der Waals surface area contributed by atoms with Gasteiger partial charge in [0.05, 0.1) is 5.92 Å². The summed E-state index contributed by atoms with van der Waals surface area (Å²) in [6, 6.07) is 7.50. The molecule has 1 aliphatic rings. The molecule has 1 atom stereocenters. The number of carbonyl (C=O) groups is 2. The Hall–Kier alpha value is -2.04. The largest absolute Gasteiger partial charge is 0.481 e. The van der Waals surface area contributed by atoms with E-state index in [0.717, 1.165) is 12.0 Å². The SMILES string of the molecule is Nc1ccccc1CCC(=O)N1CCC[C@H](C(=O)O)C1. The summed E-state index contributed by atoms with van der Waals surface area (Å²) < 4.78 is 0. The van der Waals surface area contributed by atoms with Crippen molar-refractivity contribution in [1.29, 1.82) is 0 Å². The van der Waals surface area contributed by atoms with Crippen LogP contribution < -0.4 is 5.73 Å². The Bertz CT molecular complexity index is 502. The van der Waals surface area contributed by atoms with Gasteiger partial charge in [0.1, 0.15) is 0 Å². The molecule has 0 bridgehead atoms. The number of hydrogen-bond donors (Lipinski definition) is 2. The first-order valence-electron chi connectivity index (χ1n) is 6.92. The number of aryl methyl sites for hydroxylation is 1. The minimum absolute atomic E-state index is 0.0132. The lowest BCUT2D eigenvalue weighted by atomic mass is 9.97. The van der Waals surface area contributed by atoms with Gasteiger partial charge in [-0.1, -0.05) is 18.2 Å². The summed E-state index contributed by atoms with van der Waals surface area (Å²) in [5.74, 6) is -1.22. The molecule has 2 rings (SSSR count). The number of piperidine rings is 1. The number of carboxylic acids is 1. The lowest BCUT2D eigenvalue weighted by Crippen LogP contribution is -2.42. The zero-order valence-corrected chi connectivity index (χ0v) is 11.4. The molecule has 5 nitrogen and oxygen atoms in total. The summed E-state index contributed by atoms with van der Waals surface area (Å²) in [7, 11) is 0. The van der Waals surface area contributed by atoms with E-state index >= 15 is 0 Å². The number of rotatable bonds is 4. The van der Waals surface area contributed by atoms with Crippen molar-refractivity contribution in [2.75, 3.05) is 18.8 Å². The van der Waals surface area contributed by atoms with Gasteiger partial charge in [-0.15, -0.1) is 0 Å². The third kappa shape index (κ3) is 3.50. The number of nitrogen functional groups attached to an aromatic ring is 1. The molecule has 20 heavy (non-hydrogen) atoms. The molecule has 5 heteroatoms. The van der Waals surface area contributed by atoms with Crippen molar-refractivity contribution in [2.45, 2.75) is 25.7 Å². The maximum atomic E-state index is 12.1. The molecule has 1 heterocycles. The van der Waals surface area contributed by atoms with E-state index in [1.807, 2.05) is 24.3 Å². The fourth-order valence-electron chi connectivity index (χ4n) is 2.57. The van der Waals surface area contributed by atoms with E-state index in [0.29, 0.717) is 38.0 Å². The van der Waals surface area contributed by atoms with Crippen LogP contribution in [0.2, 0.25) is 0 Å². The van der Waals surface area contributed by atoms with Crippen LogP contribution in [0.3, 0.4) is 0 Å². The van der Waals surface area contributed by atoms with Gasteiger partial charge in [-0.05, 0) is 30.9 Å². The molecule has 0 saturated carbocycles. The third-order valence-corrected chi connectivity index (χ3v) is 3.79. The number of anilines is 1. The molecule has 0 aromatic heterocycles. The quantitative estimate of drug-likeness (QED) is 0.817. The average molecular weight is 276 g/mol. The molecule has 1 saturated heterocycles. The number of nitrogens with two attached hydrogens (primary N) is 1. The molecule has 0 radical (unpaired) electrons. The Morgan fingerprint density at radius 2 is 2.10 bits per heavy atom. The molecule has 1 fully saturated rings. The number of aliphatic carboxylic acids is 1. The smallest absolute Gasteiger partial charge is 0.308 e. The van der Waals surface area contributed by atoms with Crippen LogP contribution in [0.5, 0.6) is 0 Å². The van der Waals surface area contributed by atoms with Gasteiger partial charge in [0.2, 0.25) is 5.91 Å². The highest BCUT2D eigenvalue weighted by Crippen LogP contribution is 2.19. The zero-order chi connectivity index (χ0) is 14.5. The van der Waals surface area contributed by atoms with Crippen LogP contribution in [0.15, 0.2) is 24.3 Å². The topological polar surface area (TPSA) is 83.6 Å². The number of carboxylic acid groups (broad SMARTS) is 1. The van der Waals surface area contributed by atoms with Gasteiger partial charge in [-0.2, -0.15) is 0 Å². The summed E-state index contributed by atoms with van der Waals surface area (Å²) in [6.07, 6.45) is 2.39. The lowest BCUT2D eigenvalue weighted by Gasteiger charge is -2.30. The highest BCUT2D eigenvalue weighted by atomic mass is 16.4. The van der Waals surface area contributed by atoms with Gasteiger partial charge in [0, 0.05) is 25.2 Å². The van der Waals surface area contributed by atoms with Crippen LogP contribution in [0.25, 0.3) is 0 Å². The maximum absolute atomic E-state index is 12.1. The minimum atomic E-state index is -0.810. The van der Waals surface area contributed by atoms with Crippen molar-refractivity contribution < 1.29 is 14.7 Å². The van der Waals surface area contributed by atoms with Gasteiger partial charge in [0.25, 0.3) is 0 Å². The fourth-order valence-corrected chi connectivity index (χ4v) is 2.57. The average Bonchev–Trinajstić information content (AvgIpc) is 2.46. The lowest BCUT2D eigenvalue weighted by molar-refractivity contribution is -0.145. The van der Waals surface area contributed by atoms with Crippen LogP contribution >= 0.6 is 0 Å². The summed E-state index contributed by atoms with van der Waals surface area (Å²) in [6.45, 7) is 0.991. The third-order valence-electron chi connectivity index (χ3n) is 3.79. The van der Waals surface area contributed by atoms with Crippen LogP contribution in [0, 0.1) is 5.92 Å². The van der Waals surface area contributed by atoms with E-state index in [4.69, 9.17) is 10.8 Å². The molecule has 0 aliphatic carbocycles. The van der Waals surface area contributed by atoms with Gasteiger partial charge >= 0.3 is 5.97 Å². The standard InChI is InChI=1S/C15H20N2O3/c16-13-6-2-1-4-11(13)7-8-14(18)17-9-3-5-12(10-17)15(19)20/h1-2,4,6,12H,3,5,7-10,16H2,(H,19,20)/t12-/m0/s1. The van der Waals surface area contributed by atoms with Gasteiger partial charge in [-0.3, -0.25) is 9.59 Å². The molecule has 1 aliphatic heterocycles. The molecule has 1 aromatic rings. The number of hydrogen-bond acceptors (Lipinski definition) is 3. The molecule has 0 spiro atoms. The second kappa shape index (κ2) is 6.41. The molecule has 108 valence electrons. The first-order valence-corrected chi connectivity index (χ1v) is 6.92. The van der Waals surface area contributed by atoms with Crippen LogP contribution in [0.1, 0.15) is 24.8 Å². The fraction of sp³-hybridized carbons (Fsp3) is 0.467. The highest BCUT2D eigenvalue weighted by Gasteiger charge is 2.27. The molecule has 3 N–H and O–H groups in total. The second-order valence-electron chi connectivity index (χ2n) is 5.22. The van der Waals surface area contributed by atoms with Gasteiger partial charge < -0.3 is 15.7 Å². The van der Waals surface area contributed by atoms with Crippen molar-refractivity contribution in [3.05, 3.63) is 29.8 Å². The summed E-state index contributed by atoms with van der Waals surface area (Å²) in [4.78, 5) is 24.8. The number of para-hydroxylation sites is 1. The van der Waals surface area contributed by atoms with Crippen molar-refractivity contribution in [3.63, 3.8) is 0 Å². The van der Waals surface area contributed by atoms with Gasteiger partial charge in [-0.25, -0.2) is 0 Å². The number of benzene rings is 1. The van der Waals surface area contributed by atoms with Crippen LogP contribution in [-0.2, 0) is 16.0 Å². The second-order valence-corrected chi connectivity index (χ2v) is 5.22. The predicted molar refractivity (Wildman–Crippen MR) is 76.1 cm³/mol. The first-order chi connectivity index (χ1) is 9.58. The minimum Gasteiger partial charge on any atom is -0.481 e. The number of nitrogens with zero attached hydrogens (tertiary/aromatic N) is 1. The van der Waals surface area contributed by atoms with E-state index in [-0.39, 0.29) is 5.91 Å². The van der Waals surface area contributed by atoms with E-state index < -0.39 is 11.9 Å². The summed E-state index contributed by atoms with van der Waals surface area (Å²) in [5, 5.41) is 9.03. The van der Waals surface area contributed by atoms with Crippen molar-refractivity contribution in [3.8, 4) is 0 Å². The normalized spacial score (nSPS) is 18.8. The highest BCUT2D eigenvalue weighted by molar-refractivity contribution is 5.78. The van der Waals surface area contributed by atoms with E-state index in [1.54, 1.807) is 4.90 Å². The summed E-state index contributed by atoms with van der Waals surface area (Å²) in [5.41, 5.74) is 7.51. The molecule has 1 aromatic carbocycles. The van der Waals surface area contributed by atoms with E-state index in [2.05, 4.69) is 0 Å². The number of amides is 1. The predicted octanol–water partition coefficient (Wildman–Crippen LogP) is 1.52. The Labute approximate surface area is 118 Å². The Morgan fingerprint density at radius 1 is 1.35 bits per heavy atom. The van der Waals surface area contributed by atoms with Crippen LogP contribution in [0.4, 0.5) is 5.69 Å². The number of carbonyl (C=O) groups excluding carboxylic acids is 1. The monoisotopic (exact) mass is 276 g/mol. The molecule has 1 amide bonds. The van der Waals surface area contributed by atoms with Crippen molar-refractivity contribution >= 4 is 17.6 Å². The first kappa shape index (κ1) is 14.4. The Morgan fingerprint density at radius 3 is 2.80 bits per heavy atom. The van der Waals surface area contributed by atoms with Crippen molar-refractivity contribution in [2.24, 2.45) is 5.92 Å². The van der Waals surface area contributed by atoms with Crippen molar-refractivity contribution in [1.82, 2.24) is 4.90 Å². The zero-order valence-electron chi connectivity index (χ0n) is 11.4. The van der Waals surface area contributed by atoms with E-state index in [9.17, 15) is 9.59 Å². The Balaban J connectivity index is 1.89.